The molecule has 0 radical (unpaired) electrons. The van der Waals surface area contributed by atoms with Crippen LogP contribution in [0.3, 0.4) is 0 Å². The van der Waals surface area contributed by atoms with Crippen molar-refractivity contribution >= 4 is 29.1 Å². The molecule has 1 aliphatic rings. The van der Waals surface area contributed by atoms with Crippen molar-refractivity contribution in [3.05, 3.63) is 65.2 Å². The quantitative estimate of drug-likeness (QED) is 0.831. The predicted molar refractivity (Wildman–Crippen MR) is 108 cm³/mol. The molecule has 142 valence electrons. The number of para-hydroxylation sites is 1. The fraction of sp³-hybridized carbons (Fsp3) is 0.333. The summed E-state index contributed by atoms with van der Waals surface area (Å²) < 4.78 is 0. The molecular formula is C21H24ClN3O2. The van der Waals surface area contributed by atoms with Crippen LogP contribution >= 0.6 is 11.6 Å². The minimum atomic E-state index is -0.0281. The first kappa shape index (κ1) is 19.4. The molecule has 5 nitrogen and oxygen atoms in total. The molecule has 0 atom stereocenters. The van der Waals surface area contributed by atoms with E-state index < -0.39 is 0 Å². The molecule has 0 spiro atoms. The molecule has 0 bridgehead atoms. The van der Waals surface area contributed by atoms with E-state index >= 15 is 0 Å². The molecule has 2 amide bonds. The summed E-state index contributed by atoms with van der Waals surface area (Å²) >= 11 is 6.15. The van der Waals surface area contributed by atoms with Gasteiger partial charge in [-0.25, -0.2) is 0 Å². The Bertz CT molecular complexity index is 774. The molecule has 0 unspecified atom stereocenters. The van der Waals surface area contributed by atoms with Crippen molar-refractivity contribution in [3.63, 3.8) is 0 Å². The maximum Gasteiger partial charge on any atom is 0.238 e. The van der Waals surface area contributed by atoms with Crippen molar-refractivity contribution in [3.8, 4) is 0 Å². The summed E-state index contributed by atoms with van der Waals surface area (Å²) in [5.74, 6) is 0.114. The van der Waals surface area contributed by atoms with Crippen LogP contribution in [0.15, 0.2) is 54.6 Å². The number of carbonyl (C=O) groups excluding carboxylic acids is 2. The fourth-order valence-corrected chi connectivity index (χ4v) is 3.41. The van der Waals surface area contributed by atoms with Gasteiger partial charge in [0.05, 0.1) is 6.54 Å². The number of nitrogens with zero attached hydrogens (tertiary/aromatic N) is 2. The highest BCUT2D eigenvalue weighted by Crippen LogP contribution is 2.17. The molecule has 1 N–H and O–H groups in total. The Morgan fingerprint density at radius 3 is 2.30 bits per heavy atom. The SMILES string of the molecule is O=C(CN1CCN(C(=O)CCc2ccccc2Cl)CC1)Nc1ccccc1. The third kappa shape index (κ3) is 5.81. The van der Waals surface area contributed by atoms with Crippen LogP contribution in [0.2, 0.25) is 5.02 Å². The highest BCUT2D eigenvalue weighted by Gasteiger charge is 2.22. The second-order valence-electron chi connectivity index (χ2n) is 6.66. The summed E-state index contributed by atoms with van der Waals surface area (Å²) in [5, 5.41) is 3.60. The summed E-state index contributed by atoms with van der Waals surface area (Å²) in [6.07, 6.45) is 1.11. The molecule has 6 heteroatoms. The second-order valence-corrected chi connectivity index (χ2v) is 7.07. The van der Waals surface area contributed by atoms with Crippen molar-refractivity contribution < 1.29 is 9.59 Å². The maximum atomic E-state index is 12.4. The smallest absolute Gasteiger partial charge is 0.238 e. The molecule has 1 aliphatic heterocycles. The predicted octanol–water partition coefficient (Wildman–Crippen LogP) is 3.06. The average molecular weight is 386 g/mol. The zero-order valence-corrected chi connectivity index (χ0v) is 16.0. The summed E-state index contributed by atoms with van der Waals surface area (Å²) in [7, 11) is 0. The van der Waals surface area contributed by atoms with Crippen molar-refractivity contribution in [2.45, 2.75) is 12.8 Å². The van der Waals surface area contributed by atoms with Crippen LogP contribution in [0.4, 0.5) is 5.69 Å². The maximum absolute atomic E-state index is 12.4. The largest absolute Gasteiger partial charge is 0.340 e. The van der Waals surface area contributed by atoms with Gasteiger partial charge in [-0.05, 0) is 30.2 Å². The molecule has 1 heterocycles. The third-order valence-corrected chi connectivity index (χ3v) is 5.08. The van der Waals surface area contributed by atoms with Crippen LogP contribution < -0.4 is 5.32 Å². The number of piperazine rings is 1. The molecule has 3 rings (SSSR count). The molecule has 0 aliphatic carbocycles. The Labute approximate surface area is 164 Å². The van der Waals surface area contributed by atoms with Gasteiger partial charge >= 0.3 is 0 Å². The Morgan fingerprint density at radius 1 is 0.926 bits per heavy atom. The van der Waals surface area contributed by atoms with Crippen molar-refractivity contribution in [1.29, 1.82) is 0 Å². The lowest BCUT2D eigenvalue weighted by molar-refractivity contribution is -0.133. The van der Waals surface area contributed by atoms with Crippen LogP contribution in [0.25, 0.3) is 0 Å². The van der Waals surface area contributed by atoms with Crippen LogP contribution in [-0.4, -0.2) is 54.3 Å². The van der Waals surface area contributed by atoms with Gasteiger partial charge in [0.15, 0.2) is 0 Å². The Hall–Kier alpha value is -2.37. The number of benzene rings is 2. The van der Waals surface area contributed by atoms with Gasteiger partial charge in [0.25, 0.3) is 0 Å². The molecule has 1 saturated heterocycles. The lowest BCUT2D eigenvalue weighted by Crippen LogP contribution is -2.50. The van der Waals surface area contributed by atoms with E-state index in [1.54, 1.807) is 0 Å². The standard InChI is InChI=1S/C21H24ClN3O2/c22-19-9-5-4-6-17(19)10-11-21(27)25-14-12-24(13-15-25)16-20(26)23-18-7-2-1-3-8-18/h1-9H,10-16H2,(H,23,26). The van der Waals surface area contributed by atoms with Crippen LogP contribution in [0.5, 0.6) is 0 Å². The molecule has 27 heavy (non-hydrogen) atoms. The van der Waals surface area contributed by atoms with Crippen molar-refractivity contribution in [2.24, 2.45) is 0 Å². The molecule has 0 aromatic heterocycles. The second kappa shape index (κ2) is 9.53. The van der Waals surface area contributed by atoms with Gasteiger partial charge < -0.3 is 10.2 Å². The van der Waals surface area contributed by atoms with Gasteiger partial charge in [-0.2, -0.15) is 0 Å². The normalized spacial score (nSPS) is 14.8. The topological polar surface area (TPSA) is 52.7 Å². The van der Waals surface area contributed by atoms with E-state index in [4.69, 9.17) is 11.6 Å². The number of hydrogen-bond acceptors (Lipinski definition) is 3. The minimum Gasteiger partial charge on any atom is -0.340 e. The number of rotatable bonds is 6. The molecule has 1 fully saturated rings. The van der Waals surface area contributed by atoms with Gasteiger partial charge in [-0.3, -0.25) is 14.5 Å². The van der Waals surface area contributed by atoms with E-state index in [9.17, 15) is 9.59 Å². The number of nitrogens with one attached hydrogen (secondary N) is 1. The van der Waals surface area contributed by atoms with Gasteiger partial charge in [-0.1, -0.05) is 48.0 Å². The number of carbonyl (C=O) groups is 2. The Kier molecular flexibility index (Phi) is 6.85. The number of anilines is 1. The highest BCUT2D eigenvalue weighted by molar-refractivity contribution is 6.31. The van der Waals surface area contributed by atoms with Crippen molar-refractivity contribution in [1.82, 2.24) is 9.80 Å². The minimum absolute atomic E-state index is 0.0281. The van der Waals surface area contributed by atoms with E-state index in [0.29, 0.717) is 50.6 Å². The summed E-state index contributed by atoms with van der Waals surface area (Å²) in [5.41, 5.74) is 1.81. The van der Waals surface area contributed by atoms with Crippen molar-refractivity contribution in [2.75, 3.05) is 38.0 Å². The first-order chi connectivity index (χ1) is 13.1. The Balaban J connectivity index is 1.40. The van der Waals surface area contributed by atoms with Crippen LogP contribution in [0.1, 0.15) is 12.0 Å². The zero-order valence-electron chi connectivity index (χ0n) is 15.2. The molecule has 0 saturated carbocycles. The molecular weight excluding hydrogens is 362 g/mol. The van der Waals surface area contributed by atoms with E-state index in [1.165, 1.54) is 0 Å². The van der Waals surface area contributed by atoms with E-state index in [-0.39, 0.29) is 11.8 Å². The van der Waals surface area contributed by atoms with Gasteiger partial charge in [-0.15, -0.1) is 0 Å². The first-order valence-electron chi connectivity index (χ1n) is 9.20. The lowest BCUT2D eigenvalue weighted by Gasteiger charge is -2.34. The molecule has 2 aromatic carbocycles. The number of hydrogen-bond donors (Lipinski definition) is 1. The number of aryl methyl sites for hydroxylation is 1. The number of halogens is 1. The van der Waals surface area contributed by atoms with Crippen LogP contribution in [-0.2, 0) is 16.0 Å². The van der Waals surface area contributed by atoms with Crippen LogP contribution in [0, 0.1) is 0 Å². The highest BCUT2D eigenvalue weighted by atomic mass is 35.5. The molecule has 2 aromatic rings. The van der Waals surface area contributed by atoms with E-state index in [1.807, 2.05) is 59.5 Å². The number of amides is 2. The van der Waals surface area contributed by atoms with Gasteiger partial charge in [0.1, 0.15) is 0 Å². The zero-order chi connectivity index (χ0) is 19.1. The summed E-state index contributed by atoms with van der Waals surface area (Å²) in [4.78, 5) is 28.5. The van der Waals surface area contributed by atoms with Gasteiger partial charge in [0.2, 0.25) is 11.8 Å². The monoisotopic (exact) mass is 385 g/mol. The van der Waals surface area contributed by atoms with E-state index in [0.717, 1.165) is 11.3 Å². The first-order valence-corrected chi connectivity index (χ1v) is 9.58. The Morgan fingerprint density at radius 2 is 1.59 bits per heavy atom. The average Bonchev–Trinajstić information content (AvgIpc) is 2.68. The third-order valence-electron chi connectivity index (χ3n) is 4.72. The summed E-state index contributed by atoms with van der Waals surface area (Å²) in [6, 6.07) is 17.1. The van der Waals surface area contributed by atoms with E-state index in [2.05, 4.69) is 10.2 Å². The van der Waals surface area contributed by atoms with Gasteiger partial charge in [0, 0.05) is 43.3 Å². The fourth-order valence-electron chi connectivity index (χ4n) is 3.18. The summed E-state index contributed by atoms with van der Waals surface area (Å²) in [6.45, 7) is 3.07. The lowest BCUT2D eigenvalue weighted by atomic mass is 10.1.